The summed E-state index contributed by atoms with van der Waals surface area (Å²) in [5.74, 6) is -0.165. The maximum absolute atomic E-state index is 12.0. The number of rotatable bonds is 4. The van der Waals surface area contributed by atoms with Gasteiger partial charge in [-0.3, -0.25) is 14.5 Å². The molecule has 1 aliphatic heterocycles. The summed E-state index contributed by atoms with van der Waals surface area (Å²) >= 11 is 1.03. The van der Waals surface area contributed by atoms with Gasteiger partial charge in [0.2, 0.25) is 0 Å². The summed E-state index contributed by atoms with van der Waals surface area (Å²) in [6.45, 7) is 2.56. The highest BCUT2D eigenvalue weighted by molar-refractivity contribution is 8.18. The highest BCUT2D eigenvalue weighted by atomic mass is 32.2. The Morgan fingerprint density at radius 3 is 2.61 bits per heavy atom. The molecule has 94 valence electrons. The highest BCUT2D eigenvalue weighted by Crippen LogP contribution is 2.32. The van der Waals surface area contributed by atoms with E-state index in [-0.39, 0.29) is 11.1 Å². The molecule has 0 N–H and O–H groups in total. The molecule has 2 rings (SSSR count). The summed E-state index contributed by atoms with van der Waals surface area (Å²) < 4.78 is 0. The molecule has 0 saturated carbocycles. The van der Waals surface area contributed by atoms with Crippen LogP contribution >= 0.6 is 11.8 Å². The van der Waals surface area contributed by atoms with E-state index in [2.05, 4.69) is 0 Å². The van der Waals surface area contributed by atoms with Gasteiger partial charge in [0, 0.05) is 6.54 Å². The van der Waals surface area contributed by atoms with Crippen molar-refractivity contribution in [2.24, 2.45) is 0 Å². The lowest BCUT2D eigenvalue weighted by molar-refractivity contribution is -0.122. The molecule has 0 bridgehead atoms. The summed E-state index contributed by atoms with van der Waals surface area (Å²) in [6, 6.07) is 9.57. The maximum Gasteiger partial charge on any atom is 0.293 e. The SMILES string of the molecule is CCCCN1C(=O)S/C(=C/c2ccccc2)C1=O. The molecule has 0 spiro atoms. The Morgan fingerprint density at radius 1 is 1.22 bits per heavy atom. The van der Waals surface area contributed by atoms with E-state index in [1.807, 2.05) is 37.3 Å². The second-order valence-corrected chi connectivity index (χ2v) is 5.09. The molecule has 1 heterocycles. The van der Waals surface area contributed by atoms with Gasteiger partial charge in [-0.15, -0.1) is 0 Å². The third-order valence-corrected chi connectivity index (χ3v) is 3.61. The molecule has 0 atom stereocenters. The lowest BCUT2D eigenvalue weighted by Crippen LogP contribution is -2.29. The summed E-state index contributed by atoms with van der Waals surface area (Å²) in [5.41, 5.74) is 0.943. The topological polar surface area (TPSA) is 37.4 Å². The van der Waals surface area contributed by atoms with Gasteiger partial charge in [-0.2, -0.15) is 0 Å². The number of carbonyl (C=O) groups excluding carboxylic acids is 2. The molecule has 18 heavy (non-hydrogen) atoms. The number of benzene rings is 1. The average molecular weight is 261 g/mol. The zero-order valence-electron chi connectivity index (χ0n) is 10.3. The van der Waals surface area contributed by atoms with Crippen molar-refractivity contribution in [2.45, 2.75) is 19.8 Å². The van der Waals surface area contributed by atoms with Crippen LogP contribution in [0.4, 0.5) is 4.79 Å². The molecule has 1 saturated heterocycles. The monoisotopic (exact) mass is 261 g/mol. The predicted molar refractivity (Wildman–Crippen MR) is 74.0 cm³/mol. The lowest BCUT2D eigenvalue weighted by atomic mass is 10.2. The van der Waals surface area contributed by atoms with Gasteiger partial charge in [0.25, 0.3) is 11.1 Å². The number of thioether (sulfide) groups is 1. The van der Waals surface area contributed by atoms with Crippen molar-refractivity contribution in [1.82, 2.24) is 4.90 Å². The second-order valence-electron chi connectivity index (χ2n) is 4.10. The molecule has 1 aromatic rings. The normalized spacial score (nSPS) is 17.8. The smallest absolute Gasteiger partial charge is 0.268 e. The van der Waals surface area contributed by atoms with E-state index in [9.17, 15) is 9.59 Å². The number of imide groups is 1. The molecule has 1 aliphatic rings. The third kappa shape index (κ3) is 2.82. The quantitative estimate of drug-likeness (QED) is 0.778. The van der Waals surface area contributed by atoms with Gasteiger partial charge in [0.05, 0.1) is 4.91 Å². The molecule has 0 radical (unpaired) electrons. The largest absolute Gasteiger partial charge is 0.293 e. The van der Waals surface area contributed by atoms with Crippen molar-refractivity contribution in [3.8, 4) is 0 Å². The van der Waals surface area contributed by atoms with Crippen LogP contribution in [0.25, 0.3) is 6.08 Å². The van der Waals surface area contributed by atoms with Crippen molar-refractivity contribution in [1.29, 1.82) is 0 Å². The van der Waals surface area contributed by atoms with Crippen LogP contribution in [0.5, 0.6) is 0 Å². The van der Waals surface area contributed by atoms with E-state index < -0.39 is 0 Å². The fraction of sp³-hybridized carbons (Fsp3) is 0.286. The first-order valence-corrected chi connectivity index (χ1v) is 6.84. The van der Waals surface area contributed by atoms with Crippen LogP contribution in [0.2, 0.25) is 0 Å². The number of hydrogen-bond donors (Lipinski definition) is 0. The van der Waals surface area contributed by atoms with Gasteiger partial charge in [-0.1, -0.05) is 43.7 Å². The van der Waals surface area contributed by atoms with E-state index in [1.54, 1.807) is 6.08 Å². The number of unbranched alkanes of at least 4 members (excludes halogenated alkanes) is 1. The molecular weight excluding hydrogens is 246 g/mol. The van der Waals surface area contributed by atoms with Crippen molar-refractivity contribution in [3.63, 3.8) is 0 Å². The second kappa shape index (κ2) is 5.87. The Kier molecular flexibility index (Phi) is 4.20. The molecule has 4 heteroatoms. The van der Waals surface area contributed by atoms with Crippen LogP contribution in [0.1, 0.15) is 25.3 Å². The Morgan fingerprint density at radius 2 is 1.94 bits per heavy atom. The van der Waals surface area contributed by atoms with Crippen molar-refractivity contribution < 1.29 is 9.59 Å². The molecule has 0 aromatic heterocycles. The number of nitrogens with zero attached hydrogens (tertiary/aromatic N) is 1. The summed E-state index contributed by atoms with van der Waals surface area (Å²) in [6.07, 6.45) is 3.60. The van der Waals surface area contributed by atoms with Crippen LogP contribution in [-0.4, -0.2) is 22.6 Å². The standard InChI is InChI=1S/C14H15NO2S/c1-2-3-9-15-13(16)12(18-14(15)17)10-11-7-5-4-6-8-11/h4-8,10H,2-3,9H2,1H3/b12-10+. The van der Waals surface area contributed by atoms with Crippen LogP contribution < -0.4 is 0 Å². The minimum Gasteiger partial charge on any atom is -0.268 e. The Balaban J connectivity index is 2.15. The maximum atomic E-state index is 12.0. The zero-order valence-corrected chi connectivity index (χ0v) is 11.1. The molecular formula is C14H15NO2S. The van der Waals surface area contributed by atoms with E-state index in [1.165, 1.54) is 4.90 Å². The first kappa shape index (κ1) is 12.9. The Hall–Kier alpha value is -1.55. The third-order valence-electron chi connectivity index (χ3n) is 2.71. The lowest BCUT2D eigenvalue weighted by Gasteiger charge is -2.10. The molecule has 0 aliphatic carbocycles. The van der Waals surface area contributed by atoms with Crippen LogP contribution in [0.3, 0.4) is 0 Å². The van der Waals surface area contributed by atoms with Gasteiger partial charge >= 0.3 is 0 Å². The summed E-state index contributed by atoms with van der Waals surface area (Å²) in [7, 11) is 0. The Labute approximate surface area is 111 Å². The minimum atomic E-state index is -0.165. The predicted octanol–water partition coefficient (Wildman–Crippen LogP) is 3.52. The number of carbonyl (C=O) groups is 2. The van der Waals surface area contributed by atoms with Gasteiger partial charge < -0.3 is 0 Å². The average Bonchev–Trinajstić information content (AvgIpc) is 2.64. The Bertz CT molecular complexity index is 482. The van der Waals surface area contributed by atoms with E-state index in [4.69, 9.17) is 0 Å². The number of amides is 2. The first-order valence-electron chi connectivity index (χ1n) is 6.03. The molecule has 1 fully saturated rings. The fourth-order valence-corrected chi connectivity index (χ4v) is 2.57. The zero-order chi connectivity index (χ0) is 13.0. The van der Waals surface area contributed by atoms with Gasteiger partial charge in [0.15, 0.2) is 0 Å². The molecule has 3 nitrogen and oxygen atoms in total. The summed E-state index contributed by atoms with van der Waals surface area (Å²) in [5, 5.41) is -0.157. The van der Waals surface area contributed by atoms with Gasteiger partial charge in [-0.05, 0) is 29.8 Å². The van der Waals surface area contributed by atoms with Crippen LogP contribution in [0.15, 0.2) is 35.2 Å². The van der Waals surface area contributed by atoms with E-state index in [0.29, 0.717) is 11.4 Å². The van der Waals surface area contributed by atoms with Gasteiger partial charge in [0.1, 0.15) is 0 Å². The van der Waals surface area contributed by atoms with Gasteiger partial charge in [-0.25, -0.2) is 0 Å². The minimum absolute atomic E-state index is 0.157. The van der Waals surface area contributed by atoms with E-state index in [0.717, 1.165) is 30.2 Å². The van der Waals surface area contributed by atoms with Crippen molar-refractivity contribution in [2.75, 3.05) is 6.54 Å². The fourth-order valence-electron chi connectivity index (χ4n) is 1.71. The molecule has 2 amide bonds. The molecule has 1 aromatic carbocycles. The van der Waals surface area contributed by atoms with Crippen molar-refractivity contribution in [3.05, 3.63) is 40.8 Å². The van der Waals surface area contributed by atoms with Crippen LogP contribution in [-0.2, 0) is 4.79 Å². The molecule has 0 unspecified atom stereocenters. The summed E-state index contributed by atoms with van der Waals surface area (Å²) in [4.78, 5) is 25.6. The number of hydrogen-bond acceptors (Lipinski definition) is 3. The van der Waals surface area contributed by atoms with Crippen LogP contribution in [0, 0.1) is 0 Å². The van der Waals surface area contributed by atoms with E-state index >= 15 is 0 Å². The van der Waals surface area contributed by atoms with Crippen molar-refractivity contribution >= 4 is 29.0 Å². The first-order chi connectivity index (χ1) is 8.72. The highest BCUT2D eigenvalue weighted by Gasteiger charge is 2.34.